The third kappa shape index (κ3) is 3.44. The summed E-state index contributed by atoms with van der Waals surface area (Å²) in [7, 11) is 0. The van der Waals surface area contributed by atoms with Crippen LogP contribution >= 0.6 is 0 Å². The minimum Gasteiger partial charge on any atom is -0.472 e. The average molecular weight is 296 g/mol. The molecule has 1 N–H and O–H groups in total. The molecule has 0 bridgehead atoms. The Morgan fingerprint density at radius 3 is 2.82 bits per heavy atom. The molecule has 0 spiro atoms. The quantitative estimate of drug-likeness (QED) is 0.709. The number of amides is 1. The predicted molar refractivity (Wildman–Crippen MR) is 81.3 cm³/mol. The maximum absolute atomic E-state index is 12.0. The summed E-state index contributed by atoms with van der Waals surface area (Å²) in [5.74, 6) is 0.363. The van der Waals surface area contributed by atoms with E-state index in [-0.39, 0.29) is 5.91 Å². The van der Waals surface area contributed by atoms with E-state index in [1.807, 2.05) is 36.4 Å². The van der Waals surface area contributed by atoms with Crippen molar-refractivity contribution in [2.45, 2.75) is 12.8 Å². The molecular weight excluding hydrogens is 280 g/mol. The smallest absolute Gasteiger partial charge is 0.273 e. The van der Waals surface area contributed by atoms with Crippen LogP contribution < -0.4 is 5.32 Å². The first-order valence-electron chi connectivity index (χ1n) is 7.14. The lowest BCUT2D eigenvalue weighted by Gasteiger charge is -2.01. The fourth-order valence-electron chi connectivity index (χ4n) is 2.14. The lowest BCUT2D eigenvalue weighted by atomic mass is 10.1. The Labute approximate surface area is 127 Å². The van der Waals surface area contributed by atoms with Crippen molar-refractivity contribution >= 4 is 5.91 Å². The highest BCUT2D eigenvalue weighted by Crippen LogP contribution is 2.19. The number of carbonyl (C=O) groups excluding carboxylic acids is 1. The van der Waals surface area contributed by atoms with Crippen molar-refractivity contribution in [3.63, 3.8) is 0 Å². The van der Waals surface area contributed by atoms with Gasteiger partial charge in [0.25, 0.3) is 5.91 Å². The zero-order chi connectivity index (χ0) is 15.2. The van der Waals surface area contributed by atoms with Gasteiger partial charge in [-0.05, 0) is 24.5 Å². The molecule has 5 nitrogen and oxygen atoms in total. The molecule has 0 aliphatic carbocycles. The third-order valence-corrected chi connectivity index (χ3v) is 3.31. The van der Waals surface area contributed by atoms with Crippen LogP contribution in [0.25, 0.3) is 11.3 Å². The van der Waals surface area contributed by atoms with Crippen LogP contribution in [0.3, 0.4) is 0 Å². The average Bonchev–Trinajstić information content (AvgIpc) is 3.24. The molecule has 22 heavy (non-hydrogen) atoms. The van der Waals surface area contributed by atoms with Crippen LogP contribution in [-0.4, -0.2) is 17.6 Å². The lowest BCUT2D eigenvalue weighted by Crippen LogP contribution is -2.24. The zero-order valence-electron chi connectivity index (χ0n) is 12.0. The van der Waals surface area contributed by atoms with Gasteiger partial charge in [-0.1, -0.05) is 35.5 Å². The molecule has 5 heteroatoms. The van der Waals surface area contributed by atoms with E-state index >= 15 is 0 Å². The van der Waals surface area contributed by atoms with Crippen molar-refractivity contribution in [3.8, 4) is 11.3 Å². The van der Waals surface area contributed by atoms with Crippen LogP contribution in [0.2, 0.25) is 0 Å². The van der Waals surface area contributed by atoms with Gasteiger partial charge in [-0.25, -0.2) is 0 Å². The molecule has 0 fully saturated rings. The maximum Gasteiger partial charge on any atom is 0.273 e. The molecule has 0 unspecified atom stereocenters. The number of hydrogen-bond acceptors (Lipinski definition) is 4. The van der Waals surface area contributed by atoms with Crippen molar-refractivity contribution in [1.29, 1.82) is 0 Å². The van der Waals surface area contributed by atoms with Crippen LogP contribution in [0, 0.1) is 0 Å². The number of nitrogens with zero attached hydrogens (tertiary/aromatic N) is 1. The molecule has 0 aliphatic heterocycles. The van der Waals surface area contributed by atoms with Gasteiger partial charge in [0.15, 0.2) is 11.5 Å². The summed E-state index contributed by atoms with van der Waals surface area (Å²) in [6, 6.07) is 13.1. The second kappa shape index (κ2) is 6.76. The first-order chi connectivity index (χ1) is 10.8. The molecule has 2 aromatic heterocycles. The van der Waals surface area contributed by atoms with Gasteiger partial charge >= 0.3 is 0 Å². The number of hydrogen-bond donors (Lipinski definition) is 1. The lowest BCUT2D eigenvalue weighted by molar-refractivity contribution is 0.0944. The van der Waals surface area contributed by atoms with Crippen LogP contribution in [-0.2, 0) is 6.42 Å². The summed E-state index contributed by atoms with van der Waals surface area (Å²) in [5, 5.41) is 6.65. The molecule has 3 aromatic rings. The second-order valence-electron chi connectivity index (χ2n) is 4.93. The normalized spacial score (nSPS) is 10.5. The Morgan fingerprint density at radius 2 is 2.05 bits per heavy atom. The number of aromatic nitrogens is 1. The van der Waals surface area contributed by atoms with Gasteiger partial charge in [0, 0.05) is 18.2 Å². The van der Waals surface area contributed by atoms with E-state index in [1.54, 1.807) is 18.6 Å². The van der Waals surface area contributed by atoms with E-state index in [2.05, 4.69) is 10.5 Å². The minimum absolute atomic E-state index is 0.224. The number of furan rings is 1. The van der Waals surface area contributed by atoms with Gasteiger partial charge in [0.1, 0.15) is 0 Å². The Morgan fingerprint density at radius 1 is 1.18 bits per heavy atom. The summed E-state index contributed by atoms with van der Waals surface area (Å²) in [5.41, 5.74) is 2.32. The SMILES string of the molecule is O=C(NCCCc1ccoc1)c1cc(-c2ccccc2)on1. The molecule has 0 saturated heterocycles. The summed E-state index contributed by atoms with van der Waals surface area (Å²) in [6.45, 7) is 0.581. The van der Waals surface area contributed by atoms with E-state index in [1.165, 1.54) is 0 Å². The van der Waals surface area contributed by atoms with Crippen LogP contribution in [0.1, 0.15) is 22.5 Å². The highest BCUT2D eigenvalue weighted by Gasteiger charge is 2.12. The van der Waals surface area contributed by atoms with Crippen molar-refractivity contribution in [2.75, 3.05) is 6.54 Å². The van der Waals surface area contributed by atoms with Gasteiger partial charge in [-0.15, -0.1) is 0 Å². The standard InChI is InChI=1S/C17H16N2O3/c20-17(18-9-4-5-13-8-10-21-12-13)15-11-16(22-19-15)14-6-2-1-3-7-14/h1-3,6-8,10-12H,4-5,9H2,(H,18,20). The predicted octanol–water partition coefficient (Wildman–Crippen LogP) is 3.30. The first-order valence-corrected chi connectivity index (χ1v) is 7.14. The van der Waals surface area contributed by atoms with Gasteiger partial charge < -0.3 is 14.3 Å². The molecule has 0 saturated carbocycles. The number of nitrogens with one attached hydrogen (secondary N) is 1. The molecule has 3 rings (SSSR count). The van der Waals surface area contributed by atoms with Gasteiger partial charge in [0.05, 0.1) is 12.5 Å². The summed E-state index contributed by atoms with van der Waals surface area (Å²) < 4.78 is 10.2. The van der Waals surface area contributed by atoms with Crippen molar-refractivity contribution < 1.29 is 13.7 Å². The molecule has 1 amide bonds. The van der Waals surface area contributed by atoms with Gasteiger partial charge in [-0.3, -0.25) is 4.79 Å². The van der Waals surface area contributed by atoms with Crippen molar-refractivity contribution in [3.05, 3.63) is 66.2 Å². The molecule has 0 radical (unpaired) electrons. The minimum atomic E-state index is -0.224. The highest BCUT2D eigenvalue weighted by molar-refractivity contribution is 5.93. The fourth-order valence-corrected chi connectivity index (χ4v) is 2.14. The Hall–Kier alpha value is -2.82. The van der Waals surface area contributed by atoms with Gasteiger partial charge in [0.2, 0.25) is 0 Å². The zero-order valence-corrected chi connectivity index (χ0v) is 12.0. The Balaban J connectivity index is 1.51. The van der Waals surface area contributed by atoms with E-state index in [4.69, 9.17) is 8.94 Å². The highest BCUT2D eigenvalue weighted by atomic mass is 16.5. The van der Waals surface area contributed by atoms with Crippen molar-refractivity contribution in [2.24, 2.45) is 0 Å². The monoisotopic (exact) mass is 296 g/mol. The molecule has 112 valence electrons. The fraction of sp³-hybridized carbons (Fsp3) is 0.176. The molecule has 0 aliphatic rings. The largest absolute Gasteiger partial charge is 0.472 e. The number of rotatable bonds is 6. The molecule has 0 atom stereocenters. The van der Waals surface area contributed by atoms with Crippen molar-refractivity contribution in [1.82, 2.24) is 10.5 Å². The maximum atomic E-state index is 12.0. The molecule has 1 aromatic carbocycles. The Kier molecular flexibility index (Phi) is 4.34. The number of benzene rings is 1. The summed E-state index contributed by atoms with van der Waals surface area (Å²) >= 11 is 0. The van der Waals surface area contributed by atoms with Crippen LogP contribution in [0.4, 0.5) is 0 Å². The van der Waals surface area contributed by atoms with Gasteiger partial charge in [-0.2, -0.15) is 0 Å². The topological polar surface area (TPSA) is 68.3 Å². The third-order valence-electron chi connectivity index (χ3n) is 3.31. The van der Waals surface area contributed by atoms with E-state index < -0.39 is 0 Å². The second-order valence-corrected chi connectivity index (χ2v) is 4.93. The Bertz CT molecular complexity index is 717. The molecule has 2 heterocycles. The van der Waals surface area contributed by atoms with E-state index in [0.29, 0.717) is 18.0 Å². The number of carbonyl (C=O) groups is 1. The van der Waals surface area contributed by atoms with Crippen LogP contribution in [0.5, 0.6) is 0 Å². The summed E-state index contributed by atoms with van der Waals surface area (Å²) in [4.78, 5) is 12.0. The number of aryl methyl sites for hydroxylation is 1. The van der Waals surface area contributed by atoms with E-state index in [9.17, 15) is 4.79 Å². The summed E-state index contributed by atoms with van der Waals surface area (Å²) in [6.07, 6.45) is 5.07. The first kappa shape index (κ1) is 14.1. The van der Waals surface area contributed by atoms with E-state index in [0.717, 1.165) is 24.0 Å². The van der Waals surface area contributed by atoms with Crippen LogP contribution in [0.15, 0.2) is 63.9 Å². The molecular formula is C17H16N2O3.